The molecule has 0 heterocycles. The van der Waals surface area contributed by atoms with Crippen molar-refractivity contribution in [3.63, 3.8) is 0 Å². The molecule has 0 radical (unpaired) electrons. The molecule has 198 valence electrons. The summed E-state index contributed by atoms with van der Waals surface area (Å²) in [6.45, 7) is 8.22. The molecule has 0 aromatic heterocycles. The molecule has 0 unspecified atom stereocenters. The average Bonchev–Trinajstić information content (AvgIpc) is 2.91. The molecule has 0 N–H and O–H groups in total. The normalized spacial score (nSPS) is 11.1. The fraction of sp³-hybridized carbons (Fsp3) is 0.242. The molecule has 4 aromatic rings. The van der Waals surface area contributed by atoms with Gasteiger partial charge >= 0.3 is 0 Å². The van der Waals surface area contributed by atoms with E-state index in [1.54, 1.807) is 0 Å². The van der Waals surface area contributed by atoms with Gasteiger partial charge < -0.3 is 9.47 Å². The summed E-state index contributed by atoms with van der Waals surface area (Å²) in [4.78, 5) is 15.8. The second-order valence-corrected chi connectivity index (χ2v) is 10.2. The van der Waals surface area contributed by atoms with E-state index in [1.165, 1.54) is 5.56 Å². The van der Waals surface area contributed by atoms with Gasteiger partial charge in [0.05, 0.1) is 6.54 Å². The molecule has 0 spiro atoms. The van der Waals surface area contributed by atoms with Crippen molar-refractivity contribution in [2.45, 2.75) is 46.1 Å². The molecule has 0 atom stereocenters. The van der Waals surface area contributed by atoms with E-state index in [0.717, 1.165) is 11.1 Å². The van der Waals surface area contributed by atoms with Crippen LogP contribution in [0.4, 0.5) is 0 Å². The van der Waals surface area contributed by atoms with Gasteiger partial charge in [0.2, 0.25) is 0 Å². The van der Waals surface area contributed by atoms with Crippen molar-refractivity contribution in [2.75, 3.05) is 6.54 Å². The van der Waals surface area contributed by atoms with Crippen molar-refractivity contribution >= 4 is 18.2 Å². The monoisotopic (exact) mass is 529 g/mol. The SMILES string of the molecule is CC(C)(C)N(CC(=O)c1cc(OCc2ccccc2)cc(OCc2ccccc2)c1)Cc1ccccc1.Cl. The van der Waals surface area contributed by atoms with Gasteiger partial charge in [0.1, 0.15) is 24.7 Å². The molecule has 0 aliphatic carbocycles. The number of ether oxygens (including phenoxy) is 2. The summed E-state index contributed by atoms with van der Waals surface area (Å²) >= 11 is 0. The highest BCUT2D eigenvalue weighted by Crippen LogP contribution is 2.26. The predicted octanol–water partition coefficient (Wildman–Crippen LogP) is 7.75. The molecule has 5 heteroatoms. The molecule has 0 aliphatic rings. The fourth-order valence-corrected chi connectivity index (χ4v) is 3.98. The van der Waals surface area contributed by atoms with E-state index in [4.69, 9.17) is 9.47 Å². The Labute approximate surface area is 232 Å². The van der Waals surface area contributed by atoms with Gasteiger partial charge in [0, 0.05) is 23.7 Å². The summed E-state index contributed by atoms with van der Waals surface area (Å²) in [5.74, 6) is 1.26. The van der Waals surface area contributed by atoms with Crippen LogP contribution in [0.15, 0.2) is 109 Å². The third kappa shape index (κ3) is 8.76. The van der Waals surface area contributed by atoms with Gasteiger partial charge in [-0.3, -0.25) is 9.69 Å². The number of ketones is 1. The summed E-state index contributed by atoms with van der Waals surface area (Å²) in [6.07, 6.45) is 0. The number of Topliss-reactive ketones (excluding diaryl/α,β-unsaturated/α-hetero) is 1. The highest BCUT2D eigenvalue weighted by atomic mass is 35.5. The van der Waals surface area contributed by atoms with E-state index in [0.29, 0.717) is 43.4 Å². The zero-order valence-electron chi connectivity index (χ0n) is 22.3. The van der Waals surface area contributed by atoms with Crippen molar-refractivity contribution in [3.8, 4) is 11.5 Å². The Kier molecular flexibility index (Phi) is 10.5. The van der Waals surface area contributed by atoms with Crippen LogP contribution in [0.3, 0.4) is 0 Å². The van der Waals surface area contributed by atoms with Crippen LogP contribution in [0.1, 0.15) is 47.8 Å². The fourth-order valence-electron chi connectivity index (χ4n) is 3.98. The Hall–Kier alpha value is -3.60. The second-order valence-electron chi connectivity index (χ2n) is 10.2. The molecule has 0 fully saturated rings. The van der Waals surface area contributed by atoms with Crippen LogP contribution in [-0.4, -0.2) is 22.8 Å². The lowest BCUT2D eigenvalue weighted by atomic mass is 10.0. The Morgan fingerprint density at radius 2 is 1.08 bits per heavy atom. The van der Waals surface area contributed by atoms with Crippen molar-refractivity contribution in [1.82, 2.24) is 4.90 Å². The molecular formula is C33H36ClNO3. The molecule has 0 amide bonds. The molecule has 0 bridgehead atoms. The Balaban J connectivity index is 0.00000400. The number of benzene rings is 4. The molecule has 4 nitrogen and oxygen atoms in total. The van der Waals surface area contributed by atoms with Crippen LogP contribution < -0.4 is 9.47 Å². The summed E-state index contributed by atoms with van der Waals surface area (Å²) in [6, 6.07) is 35.7. The summed E-state index contributed by atoms with van der Waals surface area (Å²) < 4.78 is 12.2. The summed E-state index contributed by atoms with van der Waals surface area (Å²) in [7, 11) is 0. The van der Waals surface area contributed by atoms with E-state index < -0.39 is 0 Å². The van der Waals surface area contributed by atoms with Gasteiger partial charge in [-0.15, -0.1) is 12.4 Å². The van der Waals surface area contributed by atoms with Crippen LogP contribution in [0.2, 0.25) is 0 Å². The van der Waals surface area contributed by atoms with Crippen molar-refractivity contribution < 1.29 is 14.3 Å². The lowest BCUT2D eigenvalue weighted by Crippen LogP contribution is -2.43. The maximum Gasteiger partial charge on any atom is 0.177 e. The Morgan fingerprint density at radius 1 is 0.658 bits per heavy atom. The first kappa shape index (κ1) is 29.0. The molecule has 4 aromatic carbocycles. The van der Waals surface area contributed by atoms with Crippen LogP contribution in [0, 0.1) is 0 Å². The minimum atomic E-state index is -0.181. The number of halogens is 1. The van der Waals surface area contributed by atoms with Crippen LogP contribution >= 0.6 is 12.4 Å². The smallest absolute Gasteiger partial charge is 0.177 e. The number of hydrogen-bond donors (Lipinski definition) is 0. The number of carbonyl (C=O) groups is 1. The first-order chi connectivity index (χ1) is 17.9. The van der Waals surface area contributed by atoms with E-state index in [2.05, 4.69) is 37.8 Å². The van der Waals surface area contributed by atoms with E-state index in [-0.39, 0.29) is 23.7 Å². The third-order valence-corrected chi connectivity index (χ3v) is 6.20. The first-order valence-corrected chi connectivity index (χ1v) is 12.7. The van der Waals surface area contributed by atoms with E-state index >= 15 is 0 Å². The largest absolute Gasteiger partial charge is 0.489 e. The molecule has 0 aliphatic heterocycles. The van der Waals surface area contributed by atoms with Crippen molar-refractivity contribution in [2.24, 2.45) is 0 Å². The highest BCUT2D eigenvalue weighted by Gasteiger charge is 2.25. The maximum absolute atomic E-state index is 13.6. The van der Waals surface area contributed by atoms with Crippen LogP contribution in [0.25, 0.3) is 0 Å². The third-order valence-electron chi connectivity index (χ3n) is 6.20. The van der Waals surface area contributed by atoms with Gasteiger partial charge in [-0.05, 0) is 49.6 Å². The van der Waals surface area contributed by atoms with Gasteiger partial charge in [-0.25, -0.2) is 0 Å². The topological polar surface area (TPSA) is 38.8 Å². The maximum atomic E-state index is 13.6. The molecule has 0 saturated heterocycles. The average molecular weight is 530 g/mol. The van der Waals surface area contributed by atoms with Gasteiger partial charge in [-0.1, -0.05) is 91.0 Å². The molecule has 38 heavy (non-hydrogen) atoms. The zero-order valence-corrected chi connectivity index (χ0v) is 23.1. The van der Waals surface area contributed by atoms with Gasteiger partial charge in [0.25, 0.3) is 0 Å². The standard InChI is InChI=1S/C33H35NO3.ClH/c1-33(2,3)34(22-26-13-7-4-8-14-26)23-32(35)29-19-30(36-24-27-15-9-5-10-16-27)21-31(20-29)37-25-28-17-11-6-12-18-28;/h4-21H,22-25H2,1-3H3;1H. The van der Waals surface area contributed by atoms with Crippen LogP contribution in [0.5, 0.6) is 11.5 Å². The molecule has 4 rings (SSSR count). The second kappa shape index (κ2) is 13.8. The first-order valence-electron chi connectivity index (χ1n) is 12.7. The van der Waals surface area contributed by atoms with Crippen molar-refractivity contribution in [1.29, 1.82) is 0 Å². The predicted molar refractivity (Wildman–Crippen MR) is 156 cm³/mol. The number of nitrogens with zero attached hydrogens (tertiary/aromatic N) is 1. The van der Waals surface area contributed by atoms with E-state index in [9.17, 15) is 4.79 Å². The minimum absolute atomic E-state index is 0. The number of hydrogen-bond acceptors (Lipinski definition) is 4. The number of carbonyl (C=O) groups excluding carboxylic acids is 1. The quantitative estimate of drug-likeness (QED) is 0.186. The Morgan fingerprint density at radius 3 is 1.50 bits per heavy atom. The lowest BCUT2D eigenvalue weighted by Gasteiger charge is -2.35. The summed E-state index contributed by atoms with van der Waals surface area (Å²) in [5.41, 5.74) is 3.70. The molecule has 0 saturated carbocycles. The Bertz CT molecular complexity index is 1210. The summed E-state index contributed by atoms with van der Waals surface area (Å²) in [5, 5.41) is 0. The highest BCUT2D eigenvalue weighted by molar-refractivity contribution is 5.98. The van der Waals surface area contributed by atoms with E-state index in [1.807, 2.05) is 97.1 Å². The van der Waals surface area contributed by atoms with Gasteiger partial charge in [-0.2, -0.15) is 0 Å². The lowest BCUT2D eigenvalue weighted by molar-refractivity contribution is 0.0792. The number of rotatable bonds is 11. The zero-order chi connectivity index (χ0) is 26.1. The molecular weight excluding hydrogens is 494 g/mol. The van der Waals surface area contributed by atoms with Crippen LogP contribution in [-0.2, 0) is 19.8 Å². The van der Waals surface area contributed by atoms with Gasteiger partial charge in [0.15, 0.2) is 5.78 Å². The minimum Gasteiger partial charge on any atom is -0.489 e. The van der Waals surface area contributed by atoms with Crippen molar-refractivity contribution in [3.05, 3.63) is 131 Å².